The Balaban J connectivity index is 1.40. The van der Waals surface area contributed by atoms with E-state index in [1.54, 1.807) is 0 Å². The van der Waals surface area contributed by atoms with Crippen LogP contribution in [0, 0.1) is 0 Å². The first-order valence-electron chi connectivity index (χ1n) is 17.0. The Bertz CT molecular complexity index is 1850. The van der Waals surface area contributed by atoms with E-state index in [2.05, 4.69) is 10.6 Å². The molecule has 0 heterocycles. The minimum atomic E-state index is -0.647. The zero-order chi connectivity index (χ0) is 39.4. The van der Waals surface area contributed by atoms with Crippen molar-refractivity contribution in [1.29, 1.82) is 0 Å². The molecule has 0 fully saturated rings. The van der Waals surface area contributed by atoms with E-state index in [1.165, 1.54) is 82.6 Å². The Morgan fingerprint density at radius 3 is 1.02 bits per heavy atom. The van der Waals surface area contributed by atoms with Crippen molar-refractivity contribution in [2.75, 3.05) is 39.3 Å². The quantitative estimate of drug-likeness (QED) is 0.0551. The molecule has 286 valence electrons. The molecule has 0 aliphatic carbocycles. The summed E-state index contributed by atoms with van der Waals surface area (Å²) in [4.78, 5) is 55.0. The summed E-state index contributed by atoms with van der Waals surface area (Å²) >= 11 is 0. The van der Waals surface area contributed by atoms with E-state index in [-0.39, 0.29) is 74.4 Å². The Labute approximate surface area is 309 Å². The van der Waals surface area contributed by atoms with Crippen molar-refractivity contribution in [3.63, 3.8) is 0 Å². The zero-order valence-electron chi connectivity index (χ0n) is 29.1. The summed E-state index contributed by atoms with van der Waals surface area (Å²) in [7, 11) is 0. The van der Waals surface area contributed by atoms with Crippen molar-refractivity contribution in [2.45, 2.75) is 25.7 Å². The van der Waals surface area contributed by atoms with Crippen LogP contribution in [0.15, 0.2) is 72.8 Å². The average molecular weight is 747 g/mol. The number of carbonyl (C=O) groups is 4. The number of aromatic hydroxyl groups is 8. The minimum Gasteiger partial charge on any atom is -0.504 e. The summed E-state index contributed by atoms with van der Waals surface area (Å²) in [6.07, 6.45) is 1.14. The molecule has 4 amide bonds. The smallest absolute Gasteiger partial charge is 0.257 e. The van der Waals surface area contributed by atoms with Crippen LogP contribution in [0.2, 0.25) is 0 Å². The van der Waals surface area contributed by atoms with Crippen LogP contribution < -0.4 is 10.6 Å². The van der Waals surface area contributed by atoms with Gasteiger partial charge in [-0.2, -0.15) is 0 Å². The maximum Gasteiger partial charge on any atom is 0.257 e. The number of hydrogen-bond donors (Lipinski definition) is 10. The third kappa shape index (κ3) is 9.93. The topological polar surface area (TPSA) is 261 Å². The summed E-state index contributed by atoms with van der Waals surface area (Å²) in [5.74, 6) is -6.74. The molecule has 0 aromatic heterocycles. The van der Waals surface area contributed by atoms with E-state index in [1.807, 2.05) is 0 Å². The van der Waals surface area contributed by atoms with Crippen molar-refractivity contribution in [2.24, 2.45) is 0 Å². The Hall–Kier alpha value is -6.84. The highest BCUT2D eigenvalue weighted by molar-refractivity contribution is 5.99. The zero-order valence-corrected chi connectivity index (χ0v) is 29.1. The fourth-order valence-electron chi connectivity index (χ4n) is 5.55. The first-order chi connectivity index (χ1) is 25.8. The van der Waals surface area contributed by atoms with E-state index in [0.29, 0.717) is 12.8 Å². The van der Waals surface area contributed by atoms with Crippen molar-refractivity contribution >= 4 is 23.6 Å². The lowest BCUT2D eigenvalue weighted by Gasteiger charge is -2.26. The number of phenolic OH excluding ortho intramolecular Hbond substituents is 8. The molecule has 0 spiro atoms. The number of nitrogens with one attached hydrogen (secondary N) is 2. The van der Waals surface area contributed by atoms with Gasteiger partial charge in [-0.05, 0) is 74.2 Å². The molecule has 0 unspecified atom stereocenters. The van der Waals surface area contributed by atoms with Crippen LogP contribution in [0.3, 0.4) is 0 Å². The van der Waals surface area contributed by atoms with E-state index in [9.17, 15) is 60.0 Å². The Morgan fingerprint density at radius 1 is 0.407 bits per heavy atom. The van der Waals surface area contributed by atoms with Crippen LogP contribution in [0.5, 0.6) is 46.0 Å². The SMILES string of the molecule is O=C(NCCCN(CCCCN(CCCNC(=O)c1cccc(O)c1O)C(=O)c1cccc(O)c1O)C(=O)c1cccc(O)c1O)c1cccc(O)c1O. The number of phenols is 8. The summed E-state index contributed by atoms with van der Waals surface area (Å²) in [5, 5.41) is 85.4. The average Bonchev–Trinajstić information content (AvgIpc) is 3.15. The molecule has 4 rings (SSSR count). The lowest BCUT2D eigenvalue weighted by atomic mass is 10.1. The maximum absolute atomic E-state index is 13.5. The summed E-state index contributed by atoms with van der Waals surface area (Å²) < 4.78 is 0. The summed E-state index contributed by atoms with van der Waals surface area (Å²) in [6.45, 7) is 0.571. The Morgan fingerprint density at radius 2 is 0.685 bits per heavy atom. The number of hydrogen-bond acceptors (Lipinski definition) is 12. The molecule has 0 aliphatic heterocycles. The molecule has 0 bridgehead atoms. The van der Waals surface area contributed by atoms with Crippen molar-refractivity contribution in [3.8, 4) is 46.0 Å². The molecule has 54 heavy (non-hydrogen) atoms. The van der Waals surface area contributed by atoms with Gasteiger partial charge in [-0.15, -0.1) is 0 Å². The van der Waals surface area contributed by atoms with Crippen LogP contribution in [0.1, 0.15) is 67.1 Å². The molecule has 0 atom stereocenters. The summed E-state index contributed by atoms with van der Waals surface area (Å²) in [6, 6.07) is 15.9. The lowest BCUT2D eigenvalue weighted by molar-refractivity contribution is 0.0714. The molecule has 10 N–H and O–H groups in total. The molecule has 4 aromatic rings. The van der Waals surface area contributed by atoms with E-state index < -0.39 is 69.6 Å². The summed E-state index contributed by atoms with van der Waals surface area (Å²) in [5.41, 5.74) is -0.574. The molecule has 0 aliphatic rings. The van der Waals surface area contributed by atoms with Crippen LogP contribution in [0.4, 0.5) is 0 Å². The number of para-hydroxylation sites is 4. The van der Waals surface area contributed by atoms with Crippen molar-refractivity contribution in [3.05, 3.63) is 95.1 Å². The van der Waals surface area contributed by atoms with E-state index in [4.69, 9.17) is 0 Å². The van der Waals surface area contributed by atoms with Gasteiger partial charge in [0.05, 0.1) is 22.3 Å². The molecular formula is C38H42N4O12. The molecule has 16 heteroatoms. The second kappa shape index (κ2) is 18.6. The molecule has 0 saturated carbocycles. The third-order valence-electron chi connectivity index (χ3n) is 8.47. The van der Waals surface area contributed by atoms with Crippen molar-refractivity contribution < 1.29 is 60.0 Å². The van der Waals surface area contributed by atoms with Crippen LogP contribution in [0.25, 0.3) is 0 Å². The number of nitrogens with zero attached hydrogens (tertiary/aromatic N) is 2. The molecule has 16 nitrogen and oxygen atoms in total. The fraction of sp³-hybridized carbons (Fsp3) is 0.263. The highest BCUT2D eigenvalue weighted by Crippen LogP contribution is 2.31. The highest BCUT2D eigenvalue weighted by Gasteiger charge is 2.23. The normalized spacial score (nSPS) is 10.7. The van der Waals surface area contributed by atoms with Gasteiger partial charge < -0.3 is 61.3 Å². The second-order valence-electron chi connectivity index (χ2n) is 12.2. The van der Waals surface area contributed by atoms with Gasteiger partial charge in [-0.25, -0.2) is 0 Å². The number of benzene rings is 4. The number of rotatable bonds is 17. The van der Waals surface area contributed by atoms with E-state index >= 15 is 0 Å². The van der Waals surface area contributed by atoms with Gasteiger partial charge >= 0.3 is 0 Å². The Kier molecular flexibility index (Phi) is 13.7. The van der Waals surface area contributed by atoms with Gasteiger partial charge in [0.1, 0.15) is 0 Å². The third-order valence-corrected chi connectivity index (χ3v) is 8.47. The van der Waals surface area contributed by atoms with E-state index in [0.717, 1.165) is 0 Å². The lowest BCUT2D eigenvalue weighted by Crippen LogP contribution is -2.37. The van der Waals surface area contributed by atoms with Gasteiger partial charge in [0, 0.05) is 39.3 Å². The first kappa shape index (κ1) is 39.9. The number of carbonyl (C=O) groups excluding carboxylic acids is 4. The highest BCUT2D eigenvalue weighted by atomic mass is 16.3. The maximum atomic E-state index is 13.5. The molecule has 4 aromatic carbocycles. The predicted molar refractivity (Wildman–Crippen MR) is 194 cm³/mol. The monoisotopic (exact) mass is 746 g/mol. The van der Waals surface area contributed by atoms with Gasteiger partial charge in [0.2, 0.25) is 0 Å². The standard InChI is InChI=1S/C38H42N4O12/c43-27-13-3-9-23(31(27)47)35(51)39-17-7-21-41(37(53)25-11-5-15-29(45)33(25)49)19-1-2-20-42(38(54)26-12-6-16-30(46)34(26)50)22-8-18-40-36(52)24-10-4-14-28(44)32(24)48/h3-6,9-16,43-50H,1-2,7-8,17-22H2,(H,39,51)(H,40,52). The first-order valence-corrected chi connectivity index (χ1v) is 17.0. The van der Waals surface area contributed by atoms with Crippen molar-refractivity contribution in [1.82, 2.24) is 20.4 Å². The van der Waals surface area contributed by atoms with Gasteiger partial charge in [-0.3, -0.25) is 19.2 Å². The predicted octanol–water partition coefficient (Wildman–Crippen LogP) is 3.34. The number of amides is 4. The van der Waals surface area contributed by atoms with Crippen LogP contribution in [-0.4, -0.2) is 114 Å². The molecular weight excluding hydrogens is 704 g/mol. The second-order valence-corrected chi connectivity index (χ2v) is 12.2. The largest absolute Gasteiger partial charge is 0.504 e. The fourth-order valence-corrected chi connectivity index (χ4v) is 5.55. The van der Waals surface area contributed by atoms with Gasteiger partial charge in [-0.1, -0.05) is 24.3 Å². The molecule has 0 saturated heterocycles. The van der Waals surface area contributed by atoms with Crippen LogP contribution >= 0.6 is 0 Å². The number of unbranched alkanes of at least 4 members (excludes halogenated alkanes) is 1. The van der Waals surface area contributed by atoms with Crippen LogP contribution in [-0.2, 0) is 0 Å². The van der Waals surface area contributed by atoms with Gasteiger partial charge in [0.25, 0.3) is 23.6 Å². The van der Waals surface area contributed by atoms with Gasteiger partial charge in [0.15, 0.2) is 46.0 Å². The minimum absolute atomic E-state index is 0.0705. The molecule has 0 radical (unpaired) electrons.